The second kappa shape index (κ2) is 3.35. The summed E-state index contributed by atoms with van der Waals surface area (Å²) in [6.45, 7) is 1.95. The monoisotopic (exact) mass is 207 g/mol. The Morgan fingerprint density at radius 3 is 2.71 bits per heavy atom. The van der Waals surface area contributed by atoms with Gasteiger partial charge in [-0.25, -0.2) is 0 Å². The molecule has 0 unspecified atom stereocenters. The van der Waals surface area contributed by atoms with E-state index in [9.17, 15) is 0 Å². The van der Waals surface area contributed by atoms with Gasteiger partial charge >= 0.3 is 0 Å². The molecule has 1 heterocycles. The summed E-state index contributed by atoms with van der Waals surface area (Å²) in [6.07, 6.45) is 0. The fourth-order valence-corrected chi connectivity index (χ4v) is 1.39. The van der Waals surface area contributed by atoms with Crippen molar-refractivity contribution in [3.05, 3.63) is 35.0 Å². The van der Waals surface area contributed by atoms with Crippen molar-refractivity contribution in [2.24, 2.45) is 0 Å². The lowest BCUT2D eigenvalue weighted by Crippen LogP contribution is -1.87. The number of rotatable bonds is 1. The van der Waals surface area contributed by atoms with Gasteiger partial charge in [0, 0.05) is 11.3 Å². The molecule has 4 heteroatoms. The van der Waals surface area contributed by atoms with Gasteiger partial charge in [-0.15, -0.1) is 0 Å². The van der Waals surface area contributed by atoms with E-state index in [-0.39, 0.29) is 0 Å². The average molecular weight is 208 g/mol. The fourth-order valence-electron chi connectivity index (χ4n) is 1.27. The van der Waals surface area contributed by atoms with Gasteiger partial charge in [-0.3, -0.25) is 5.10 Å². The van der Waals surface area contributed by atoms with E-state index < -0.39 is 0 Å². The molecule has 2 rings (SSSR count). The van der Waals surface area contributed by atoms with Gasteiger partial charge in [-0.2, -0.15) is 5.10 Å². The van der Waals surface area contributed by atoms with E-state index in [0.717, 1.165) is 17.0 Å². The third kappa shape index (κ3) is 1.59. The molecular formula is C10H10ClN3. The molecule has 3 N–H and O–H groups in total. The van der Waals surface area contributed by atoms with Crippen molar-refractivity contribution >= 4 is 17.3 Å². The molecule has 0 fully saturated rings. The summed E-state index contributed by atoms with van der Waals surface area (Å²) < 4.78 is 0. The number of halogens is 1. The fraction of sp³-hybridized carbons (Fsp3) is 0.100. The minimum atomic E-state index is 0.570. The van der Waals surface area contributed by atoms with Crippen molar-refractivity contribution < 1.29 is 0 Å². The second-order valence-electron chi connectivity index (χ2n) is 3.17. The number of aromatic nitrogens is 2. The highest BCUT2D eigenvalue weighted by molar-refractivity contribution is 6.33. The maximum atomic E-state index is 5.82. The van der Waals surface area contributed by atoms with Gasteiger partial charge < -0.3 is 5.73 Å². The highest BCUT2D eigenvalue weighted by atomic mass is 35.5. The number of H-pyrrole nitrogens is 1. The summed E-state index contributed by atoms with van der Waals surface area (Å²) in [4.78, 5) is 0. The molecule has 14 heavy (non-hydrogen) atoms. The summed E-state index contributed by atoms with van der Waals surface area (Å²) in [7, 11) is 0. The highest BCUT2D eigenvalue weighted by Crippen LogP contribution is 2.25. The van der Waals surface area contributed by atoms with Gasteiger partial charge in [0.05, 0.1) is 16.4 Å². The first-order valence-corrected chi connectivity index (χ1v) is 4.62. The van der Waals surface area contributed by atoms with Gasteiger partial charge in [-0.1, -0.05) is 17.7 Å². The van der Waals surface area contributed by atoms with Crippen LogP contribution in [0.1, 0.15) is 5.69 Å². The molecule has 1 aromatic carbocycles. The second-order valence-corrected chi connectivity index (χ2v) is 3.58. The van der Waals surface area contributed by atoms with E-state index in [1.807, 2.05) is 25.1 Å². The van der Waals surface area contributed by atoms with Crippen LogP contribution < -0.4 is 5.73 Å². The zero-order valence-corrected chi connectivity index (χ0v) is 8.47. The molecule has 0 aliphatic rings. The van der Waals surface area contributed by atoms with E-state index in [0.29, 0.717) is 10.7 Å². The lowest BCUT2D eigenvalue weighted by molar-refractivity contribution is 1.05. The van der Waals surface area contributed by atoms with Crippen LogP contribution in [0.15, 0.2) is 24.3 Å². The van der Waals surface area contributed by atoms with Crippen molar-refractivity contribution in [1.29, 1.82) is 0 Å². The maximum absolute atomic E-state index is 5.82. The van der Waals surface area contributed by atoms with Crippen LogP contribution in [0.3, 0.4) is 0 Å². The normalized spacial score (nSPS) is 10.4. The maximum Gasteiger partial charge on any atom is 0.0924 e. The predicted molar refractivity (Wildman–Crippen MR) is 58.2 cm³/mol. The van der Waals surface area contributed by atoms with Gasteiger partial charge in [0.15, 0.2) is 0 Å². The van der Waals surface area contributed by atoms with Crippen LogP contribution in [0, 0.1) is 6.92 Å². The quantitative estimate of drug-likeness (QED) is 0.707. The van der Waals surface area contributed by atoms with E-state index in [4.69, 9.17) is 17.3 Å². The summed E-state index contributed by atoms with van der Waals surface area (Å²) in [5, 5.41) is 7.58. The van der Waals surface area contributed by atoms with Gasteiger partial charge in [-0.05, 0) is 25.1 Å². The Morgan fingerprint density at radius 2 is 2.14 bits per heavy atom. The number of aromatic amines is 1. The minimum absolute atomic E-state index is 0.570. The lowest BCUT2D eigenvalue weighted by atomic mass is 10.1. The van der Waals surface area contributed by atoms with E-state index in [1.54, 1.807) is 6.07 Å². The molecule has 1 aromatic heterocycles. The third-order valence-corrected chi connectivity index (χ3v) is 2.34. The lowest BCUT2D eigenvalue weighted by Gasteiger charge is -2.00. The zero-order chi connectivity index (χ0) is 10.1. The number of nitrogen functional groups attached to an aromatic ring is 1. The molecule has 0 saturated heterocycles. The molecule has 3 nitrogen and oxygen atoms in total. The van der Waals surface area contributed by atoms with Crippen molar-refractivity contribution in [3.8, 4) is 11.3 Å². The SMILES string of the molecule is Cc1cc(-c2ccc(Cl)c(N)c2)n[nH]1. The van der Waals surface area contributed by atoms with Crippen LogP contribution in [0.4, 0.5) is 5.69 Å². The number of anilines is 1. The van der Waals surface area contributed by atoms with Crippen LogP contribution in [0.2, 0.25) is 5.02 Å². The molecule has 0 amide bonds. The third-order valence-electron chi connectivity index (χ3n) is 2.00. The van der Waals surface area contributed by atoms with Crippen molar-refractivity contribution in [2.45, 2.75) is 6.92 Å². The standard InChI is InChI=1S/C10H10ClN3/c1-6-4-10(14-13-6)7-2-3-8(11)9(12)5-7/h2-5H,12H2,1H3,(H,13,14). The number of hydrogen-bond donors (Lipinski definition) is 2. The molecule has 0 aliphatic carbocycles. The summed E-state index contributed by atoms with van der Waals surface area (Å²) >= 11 is 5.82. The molecule has 0 bridgehead atoms. The topological polar surface area (TPSA) is 54.7 Å². The zero-order valence-electron chi connectivity index (χ0n) is 7.71. The Labute approximate surface area is 86.9 Å². The molecule has 2 aromatic rings. The Balaban J connectivity index is 2.47. The first kappa shape index (κ1) is 9.09. The summed E-state index contributed by atoms with van der Waals surface area (Å²) in [5.74, 6) is 0. The van der Waals surface area contributed by atoms with Gasteiger partial charge in [0.2, 0.25) is 0 Å². The first-order chi connectivity index (χ1) is 6.66. The van der Waals surface area contributed by atoms with E-state index in [2.05, 4.69) is 10.2 Å². The molecule has 72 valence electrons. The van der Waals surface area contributed by atoms with Gasteiger partial charge in [0.1, 0.15) is 0 Å². The number of nitrogens with two attached hydrogens (primary N) is 1. The molecular weight excluding hydrogens is 198 g/mol. The van der Waals surface area contributed by atoms with E-state index >= 15 is 0 Å². The Hall–Kier alpha value is -1.48. The van der Waals surface area contributed by atoms with Crippen LogP contribution >= 0.6 is 11.6 Å². The van der Waals surface area contributed by atoms with Crippen molar-refractivity contribution in [3.63, 3.8) is 0 Å². The molecule has 0 spiro atoms. The van der Waals surface area contributed by atoms with Gasteiger partial charge in [0.25, 0.3) is 0 Å². The Bertz CT molecular complexity index is 462. The van der Waals surface area contributed by atoms with Crippen molar-refractivity contribution in [2.75, 3.05) is 5.73 Å². The Morgan fingerprint density at radius 1 is 1.36 bits per heavy atom. The van der Waals surface area contributed by atoms with Crippen LogP contribution in [-0.2, 0) is 0 Å². The molecule has 0 aliphatic heterocycles. The van der Waals surface area contributed by atoms with Crippen LogP contribution in [0.5, 0.6) is 0 Å². The number of hydrogen-bond acceptors (Lipinski definition) is 2. The average Bonchev–Trinajstić information content (AvgIpc) is 2.57. The number of benzene rings is 1. The Kier molecular flexibility index (Phi) is 2.17. The first-order valence-electron chi connectivity index (χ1n) is 4.24. The summed E-state index contributed by atoms with van der Waals surface area (Å²) in [5.41, 5.74) is 9.14. The molecule has 0 saturated carbocycles. The highest BCUT2D eigenvalue weighted by Gasteiger charge is 2.03. The number of nitrogens with one attached hydrogen (secondary N) is 1. The van der Waals surface area contributed by atoms with Crippen molar-refractivity contribution in [1.82, 2.24) is 10.2 Å². The molecule has 0 atom stereocenters. The largest absolute Gasteiger partial charge is 0.398 e. The van der Waals surface area contributed by atoms with Crippen LogP contribution in [0.25, 0.3) is 11.3 Å². The minimum Gasteiger partial charge on any atom is -0.398 e. The molecule has 0 radical (unpaired) electrons. The number of aryl methyl sites for hydroxylation is 1. The van der Waals surface area contributed by atoms with Crippen LogP contribution in [-0.4, -0.2) is 10.2 Å². The number of nitrogens with zero attached hydrogens (tertiary/aromatic N) is 1. The van der Waals surface area contributed by atoms with E-state index in [1.165, 1.54) is 0 Å². The predicted octanol–water partition coefficient (Wildman–Crippen LogP) is 2.62. The summed E-state index contributed by atoms with van der Waals surface area (Å²) in [6, 6.07) is 7.45. The smallest absolute Gasteiger partial charge is 0.0924 e.